The van der Waals surface area contributed by atoms with E-state index in [9.17, 15) is 4.39 Å². The SMILES string of the molecule is CNC1CCN(CC2Cc3cc(F)ccc3O2)C1. The molecule has 2 heterocycles. The monoisotopic (exact) mass is 250 g/mol. The van der Waals surface area contributed by atoms with Gasteiger partial charge in [0.2, 0.25) is 0 Å². The first-order valence-electron chi connectivity index (χ1n) is 6.59. The quantitative estimate of drug-likeness (QED) is 0.878. The van der Waals surface area contributed by atoms with Crippen molar-refractivity contribution in [1.29, 1.82) is 0 Å². The topological polar surface area (TPSA) is 24.5 Å². The average Bonchev–Trinajstić information content (AvgIpc) is 2.95. The molecule has 1 saturated heterocycles. The van der Waals surface area contributed by atoms with Crippen LogP contribution in [0.5, 0.6) is 5.75 Å². The number of nitrogens with zero attached hydrogens (tertiary/aromatic N) is 1. The van der Waals surface area contributed by atoms with E-state index in [-0.39, 0.29) is 11.9 Å². The van der Waals surface area contributed by atoms with Crippen LogP contribution in [0, 0.1) is 5.82 Å². The summed E-state index contributed by atoms with van der Waals surface area (Å²) in [6.45, 7) is 3.14. The highest BCUT2D eigenvalue weighted by atomic mass is 19.1. The molecule has 1 fully saturated rings. The standard InChI is InChI=1S/C14H19FN2O/c1-16-12-4-5-17(8-12)9-13-7-10-6-11(15)2-3-14(10)18-13/h2-3,6,12-13,16H,4-5,7-9H2,1H3. The molecule has 3 rings (SSSR count). The van der Waals surface area contributed by atoms with Gasteiger partial charge in [-0.15, -0.1) is 0 Å². The van der Waals surface area contributed by atoms with E-state index in [0.717, 1.165) is 37.4 Å². The molecule has 0 aliphatic carbocycles. The fourth-order valence-corrected chi connectivity index (χ4v) is 2.91. The van der Waals surface area contributed by atoms with Crippen LogP contribution >= 0.6 is 0 Å². The number of hydrogen-bond donors (Lipinski definition) is 1. The Balaban J connectivity index is 1.58. The van der Waals surface area contributed by atoms with Gasteiger partial charge in [0.15, 0.2) is 0 Å². The number of halogens is 1. The predicted molar refractivity (Wildman–Crippen MR) is 68.4 cm³/mol. The van der Waals surface area contributed by atoms with Gasteiger partial charge in [-0.25, -0.2) is 4.39 Å². The van der Waals surface area contributed by atoms with Crippen LogP contribution in [0.15, 0.2) is 18.2 Å². The summed E-state index contributed by atoms with van der Waals surface area (Å²) in [6, 6.07) is 5.40. The Morgan fingerprint density at radius 3 is 3.17 bits per heavy atom. The van der Waals surface area contributed by atoms with Crippen molar-refractivity contribution in [3.8, 4) is 5.75 Å². The second-order valence-electron chi connectivity index (χ2n) is 5.23. The Bertz CT molecular complexity index is 438. The first-order chi connectivity index (χ1) is 8.74. The van der Waals surface area contributed by atoms with Gasteiger partial charge in [0.25, 0.3) is 0 Å². The van der Waals surface area contributed by atoms with Gasteiger partial charge in [0.1, 0.15) is 17.7 Å². The highest BCUT2D eigenvalue weighted by Crippen LogP contribution is 2.29. The van der Waals surface area contributed by atoms with Gasteiger partial charge < -0.3 is 10.1 Å². The van der Waals surface area contributed by atoms with Crippen molar-refractivity contribution < 1.29 is 9.13 Å². The van der Waals surface area contributed by atoms with Crippen molar-refractivity contribution >= 4 is 0 Å². The number of likely N-dealkylation sites (tertiary alicyclic amines) is 1. The van der Waals surface area contributed by atoms with Crippen molar-refractivity contribution in [2.75, 3.05) is 26.7 Å². The zero-order valence-electron chi connectivity index (χ0n) is 10.7. The van der Waals surface area contributed by atoms with Crippen LogP contribution in [0.2, 0.25) is 0 Å². The second-order valence-corrected chi connectivity index (χ2v) is 5.23. The van der Waals surface area contributed by atoms with Crippen molar-refractivity contribution in [2.24, 2.45) is 0 Å². The third kappa shape index (κ3) is 2.35. The largest absolute Gasteiger partial charge is 0.488 e. The lowest BCUT2D eigenvalue weighted by Gasteiger charge is -2.20. The number of benzene rings is 1. The number of hydrogen-bond acceptors (Lipinski definition) is 3. The molecule has 1 N–H and O–H groups in total. The molecule has 98 valence electrons. The lowest BCUT2D eigenvalue weighted by Crippen LogP contribution is -2.35. The molecule has 0 radical (unpaired) electrons. The van der Waals surface area contributed by atoms with E-state index < -0.39 is 0 Å². The molecule has 0 spiro atoms. The fourth-order valence-electron chi connectivity index (χ4n) is 2.91. The normalized spacial score (nSPS) is 27.2. The van der Waals surface area contributed by atoms with E-state index in [2.05, 4.69) is 10.2 Å². The smallest absolute Gasteiger partial charge is 0.123 e. The minimum Gasteiger partial charge on any atom is -0.488 e. The average molecular weight is 250 g/mol. The Morgan fingerprint density at radius 1 is 1.50 bits per heavy atom. The molecular formula is C14H19FN2O. The van der Waals surface area contributed by atoms with Crippen molar-refractivity contribution in [2.45, 2.75) is 25.0 Å². The van der Waals surface area contributed by atoms with Crippen LogP contribution in [0.25, 0.3) is 0 Å². The molecule has 4 heteroatoms. The molecule has 1 aromatic carbocycles. The van der Waals surface area contributed by atoms with Crippen LogP contribution in [-0.4, -0.2) is 43.7 Å². The van der Waals surface area contributed by atoms with E-state index in [4.69, 9.17) is 4.74 Å². The maximum Gasteiger partial charge on any atom is 0.123 e. The van der Waals surface area contributed by atoms with Gasteiger partial charge in [-0.2, -0.15) is 0 Å². The van der Waals surface area contributed by atoms with E-state index in [1.807, 2.05) is 7.05 Å². The van der Waals surface area contributed by atoms with Crippen LogP contribution in [0.4, 0.5) is 4.39 Å². The minimum absolute atomic E-state index is 0.172. The van der Waals surface area contributed by atoms with E-state index >= 15 is 0 Å². The lowest BCUT2D eigenvalue weighted by molar-refractivity contribution is 0.166. The molecule has 0 bridgehead atoms. The first-order valence-corrected chi connectivity index (χ1v) is 6.59. The highest BCUT2D eigenvalue weighted by molar-refractivity contribution is 5.37. The molecular weight excluding hydrogens is 231 g/mol. The molecule has 2 aliphatic rings. The zero-order valence-corrected chi connectivity index (χ0v) is 10.7. The molecule has 0 amide bonds. The number of nitrogens with one attached hydrogen (secondary N) is 1. The third-order valence-corrected chi connectivity index (χ3v) is 3.91. The first kappa shape index (κ1) is 11.9. The predicted octanol–water partition coefficient (Wildman–Crippen LogP) is 1.42. The minimum atomic E-state index is -0.172. The Labute approximate surface area is 107 Å². The molecule has 3 nitrogen and oxygen atoms in total. The fraction of sp³-hybridized carbons (Fsp3) is 0.571. The highest BCUT2D eigenvalue weighted by Gasteiger charge is 2.28. The summed E-state index contributed by atoms with van der Waals surface area (Å²) in [5.41, 5.74) is 1.00. The Hall–Kier alpha value is -1.13. The van der Waals surface area contributed by atoms with Gasteiger partial charge in [-0.3, -0.25) is 4.90 Å². The van der Waals surface area contributed by atoms with E-state index in [1.54, 1.807) is 12.1 Å². The maximum atomic E-state index is 13.1. The molecule has 0 saturated carbocycles. The maximum absolute atomic E-state index is 13.1. The lowest BCUT2D eigenvalue weighted by atomic mass is 10.1. The zero-order chi connectivity index (χ0) is 12.5. The Kier molecular flexibility index (Phi) is 3.22. The van der Waals surface area contributed by atoms with Crippen LogP contribution in [0.1, 0.15) is 12.0 Å². The van der Waals surface area contributed by atoms with Crippen LogP contribution < -0.4 is 10.1 Å². The second kappa shape index (κ2) is 4.86. The van der Waals surface area contributed by atoms with Crippen LogP contribution in [-0.2, 0) is 6.42 Å². The summed E-state index contributed by atoms with van der Waals surface area (Å²) in [5.74, 6) is 0.681. The summed E-state index contributed by atoms with van der Waals surface area (Å²) in [7, 11) is 2.01. The van der Waals surface area contributed by atoms with Crippen molar-refractivity contribution in [1.82, 2.24) is 10.2 Å². The summed E-state index contributed by atoms with van der Waals surface area (Å²) in [4.78, 5) is 2.42. The summed E-state index contributed by atoms with van der Waals surface area (Å²) < 4.78 is 19.0. The molecule has 0 aromatic heterocycles. The van der Waals surface area contributed by atoms with Gasteiger partial charge in [-0.1, -0.05) is 0 Å². The van der Waals surface area contributed by atoms with Gasteiger partial charge >= 0.3 is 0 Å². The van der Waals surface area contributed by atoms with E-state index in [1.165, 1.54) is 12.5 Å². The van der Waals surface area contributed by atoms with E-state index in [0.29, 0.717) is 6.04 Å². The van der Waals surface area contributed by atoms with Gasteiger partial charge in [0.05, 0.1) is 0 Å². The Morgan fingerprint density at radius 2 is 2.39 bits per heavy atom. The number of rotatable bonds is 3. The van der Waals surface area contributed by atoms with Crippen molar-refractivity contribution in [3.63, 3.8) is 0 Å². The molecule has 1 aromatic rings. The molecule has 2 atom stereocenters. The van der Waals surface area contributed by atoms with Gasteiger partial charge in [-0.05, 0) is 38.2 Å². The molecule has 2 aliphatic heterocycles. The molecule has 18 heavy (non-hydrogen) atoms. The number of ether oxygens (including phenoxy) is 1. The summed E-state index contributed by atoms with van der Waals surface area (Å²) in [6.07, 6.45) is 2.20. The number of likely N-dealkylation sites (N-methyl/N-ethyl adjacent to an activating group) is 1. The number of fused-ring (bicyclic) bond motifs is 1. The summed E-state index contributed by atoms with van der Waals surface area (Å²) in [5, 5.41) is 3.31. The van der Waals surface area contributed by atoms with Crippen molar-refractivity contribution in [3.05, 3.63) is 29.6 Å². The van der Waals surface area contributed by atoms with Gasteiger partial charge in [0, 0.05) is 31.1 Å². The summed E-state index contributed by atoms with van der Waals surface area (Å²) >= 11 is 0. The van der Waals surface area contributed by atoms with Crippen LogP contribution in [0.3, 0.4) is 0 Å². The molecule has 2 unspecified atom stereocenters. The third-order valence-electron chi connectivity index (χ3n) is 3.91.